The van der Waals surface area contributed by atoms with Gasteiger partial charge in [-0.05, 0) is 37.3 Å². The fraction of sp³-hybridized carbons (Fsp3) is 0.529. The van der Waals surface area contributed by atoms with E-state index in [1.807, 2.05) is 0 Å². The third-order valence-corrected chi connectivity index (χ3v) is 4.94. The van der Waals surface area contributed by atoms with Gasteiger partial charge >= 0.3 is 5.97 Å². The average molecular weight is 303 g/mol. The van der Waals surface area contributed by atoms with E-state index in [4.69, 9.17) is 4.74 Å². The van der Waals surface area contributed by atoms with Crippen molar-refractivity contribution in [1.82, 2.24) is 4.90 Å². The molecule has 2 aliphatic rings. The number of likely N-dealkylation sites (tertiary alicyclic amines) is 1. The van der Waals surface area contributed by atoms with Gasteiger partial charge in [0.1, 0.15) is 11.8 Å². The molecule has 22 heavy (non-hydrogen) atoms. The van der Waals surface area contributed by atoms with Gasteiger partial charge in [-0.15, -0.1) is 0 Å². The summed E-state index contributed by atoms with van der Waals surface area (Å²) in [5.41, 5.74) is 0.447. The molecule has 0 bridgehead atoms. The van der Waals surface area contributed by atoms with Crippen molar-refractivity contribution in [1.29, 1.82) is 0 Å². The fourth-order valence-corrected chi connectivity index (χ4v) is 3.93. The van der Waals surface area contributed by atoms with Crippen molar-refractivity contribution in [2.75, 3.05) is 7.11 Å². The molecule has 118 valence electrons. The zero-order chi connectivity index (χ0) is 15.7. The molecule has 1 aromatic carbocycles. The summed E-state index contributed by atoms with van der Waals surface area (Å²) in [6.07, 6.45) is 4.67. The lowest BCUT2D eigenvalue weighted by atomic mass is 9.84. The number of hydrogen-bond donors (Lipinski definition) is 1. The third-order valence-electron chi connectivity index (χ3n) is 4.94. The van der Waals surface area contributed by atoms with Crippen LogP contribution in [0.4, 0.5) is 0 Å². The molecule has 0 radical (unpaired) electrons. The first-order valence-electron chi connectivity index (χ1n) is 7.82. The molecule has 1 aliphatic heterocycles. The van der Waals surface area contributed by atoms with Gasteiger partial charge in [0.15, 0.2) is 0 Å². The lowest BCUT2D eigenvalue weighted by Crippen LogP contribution is -2.46. The maximum atomic E-state index is 13.0. The highest BCUT2D eigenvalue weighted by Crippen LogP contribution is 2.41. The van der Waals surface area contributed by atoms with Gasteiger partial charge < -0.3 is 14.7 Å². The Morgan fingerprint density at radius 2 is 1.95 bits per heavy atom. The highest BCUT2D eigenvalue weighted by atomic mass is 16.5. The first-order chi connectivity index (χ1) is 10.6. The number of amides is 1. The topological polar surface area (TPSA) is 66.8 Å². The maximum Gasteiger partial charge on any atom is 0.326 e. The summed E-state index contributed by atoms with van der Waals surface area (Å²) in [5, 5.41) is 9.53. The van der Waals surface area contributed by atoms with Gasteiger partial charge in [-0.1, -0.05) is 25.0 Å². The van der Waals surface area contributed by atoms with Crippen molar-refractivity contribution in [3.63, 3.8) is 0 Å². The zero-order valence-corrected chi connectivity index (χ0v) is 12.7. The number of benzene rings is 1. The molecule has 1 amide bonds. The minimum absolute atomic E-state index is 0.0484. The Balaban J connectivity index is 1.95. The van der Waals surface area contributed by atoms with E-state index in [1.165, 1.54) is 7.11 Å². The Labute approximate surface area is 129 Å². The van der Waals surface area contributed by atoms with Crippen molar-refractivity contribution >= 4 is 11.9 Å². The van der Waals surface area contributed by atoms with Crippen LogP contribution in [0.1, 0.15) is 42.5 Å². The van der Waals surface area contributed by atoms with Crippen LogP contribution in [-0.2, 0) is 4.79 Å². The number of fused-ring (bicyclic) bond motifs is 1. The smallest absolute Gasteiger partial charge is 0.326 e. The summed E-state index contributed by atoms with van der Waals surface area (Å²) in [6.45, 7) is 0. The Morgan fingerprint density at radius 3 is 2.68 bits per heavy atom. The molecule has 3 rings (SSSR count). The van der Waals surface area contributed by atoms with Crippen LogP contribution in [0, 0.1) is 5.92 Å². The van der Waals surface area contributed by atoms with Gasteiger partial charge in [-0.2, -0.15) is 0 Å². The van der Waals surface area contributed by atoms with Crippen molar-refractivity contribution < 1.29 is 19.4 Å². The van der Waals surface area contributed by atoms with Gasteiger partial charge in [0, 0.05) is 6.04 Å². The number of carboxylic acid groups (broad SMARTS) is 1. The van der Waals surface area contributed by atoms with Crippen molar-refractivity contribution in [3.05, 3.63) is 29.8 Å². The quantitative estimate of drug-likeness (QED) is 0.932. The average Bonchev–Trinajstić information content (AvgIpc) is 2.94. The normalized spacial score (nSPS) is 27.3. The summed E-state index contributed by atoms with van der Waals surface area (Å²) in [6, 6.07) is 6.35. The summed E-state index contributed by atoms with van der Waals surface area (Å²) in [5.74, 6) is -0.318. The van der Waals surface area contributed by atoms with E-state index >= 15 is 0 Å². The molecule has 1 aliphatic carbocycles. The van der Waals surface area contributed by atoms with Crippen molar-refractivity contribution in [2.24, 2.45) is 5.92 Å². The summed E-state index contributed by atoms with van der Waals surface area (Å²) in [7, 11) is 1.52. The second-order valence-electron chi connectivity index (χ2n) is 6.11. The van der Waals surface area contributed by atoms with Crippen LogP contribution in [0.5, 0.6) is 5.75 Å². The van der Waals surface area contributed by atoms with Crippen LogP contribution in [0.25, 0.3) is 0 Å². The van der Waals surface area contributed by atoms with Gasteiger partial charge in [-0.25, -0.2) is 4.79 Å². The molecule has 1 saturated heterocycles. The van der Waals surface area contributed by atoms with Gasteiger partial charge in [0.25, 0.3) is 5.91 Å². The lowest BCUT2D eigenvalue weighted by molar-refractivity contribution is -0.141. The van der Waals surface area contributed by atoms with Gasteiger partial charge in [0.05, 0.1) is 12.7 Å². The highest BCUT2D eigenvalue weighted by molar-refractivity contribution is 5.99. The molecule has 5 nitrogen and oxygen atoms in total. The van der Waals surface area contributed by atoms with E-state index < -0.39 is 12.0 Å². The van der Waals surface area contributed by atoms with Crippen molar-refractivity contribution in [2.45, 2.75) is 44.2 Å². The number of hydrogen-bond acceptors (Lipinski definition) is 3. The number of carbonyl (C=O) groups excluding carboxylic acids is 1. The summed E-state index contributed by atoms with van der Waals surface area (Å²) >= 11 is 0. The molecule has 0 unspecified atom stereocenters. The molecule has 1 saturated carbocycles. The van der Waals surface area contributed by atoms with E-state index in [0.717, 1.165) is 25.7 Å². The van der Waals surface area contributed by atoms with E-state index in [1.54, 1.807) is 29.2 Å². The molecule has 3 atom stereocenters. The molecule has 0 aromatic heterocycles. The molecular formula is C17H21NO4. The zero-order valence-electron chi connectivity index (χ0n) is 12.7. The Morgan fingerprint density at radius 1 is 1.23 bits per heavy atom. The monoisotopic (exact) mass is 303 g/mol. The molecule has 5 heteroatoms. The van der Waals surface area contributed by atoms with Gasteiger partial charge in [0.2, 0.25) is 0 Å². The second kappa shape index (κ2) is 5.99. The first kappa shape index (κ1) is 14.9. The Hall–Kier alpha value is -2.04. The number of para-hydroxylation sites is 1. The van der Waals surface area contributed by atoms with Crippen LogP contribution in [-0.4, -0.2) is 41.1 Å². The fourth-order valence-electron chi connectivity index (χ4n) is 3.93. The number of carbonyl (C=O) groups is 2. The lowest BCUT2D eigenvalue weighted by Gasteiger charge is -2.33. The van der Waals surface area contributed by atoms with E-state index in [-0.39, 0.29) is 11.9 Å². The predicted molar refractivity (Wildman–Crippen MR) is 81.0 cm³/mol. The third kappa shape index (κ3) is 2.45. The van der Waals surface area contributed by atoms with Crippen LogP contribution in [0.2, 0.25) is 0 Å². The maximum absolute atomic E-state index is 13.0. The predicted octanol–water partition coefficient (Wildman–Crippen LogP) is 2.55. The molecule has 2 fully saturated rings. The molecular weight excluding hydrogens is 282 g/mol. The Bertz CT molecular complexity index is 586. The minimum Gasteiger partial charge on any atom is -0.496 e. The van der Waals surface area contributed by atoms with E-state index in [9.17, 15) is 14.7 Å². The summed E-state index contributed by atoms with van der Waals surface area (Å²) < 4.78 is 5.26. The molecule has 1 aromatic rings. The second-order valence-corrected chi connectivity index (χ2v) is 6.11. The number of carboxylic acids is 1. The molecule has 1 heterocycles. The number of rotatable bonds is 3. The largest absolute Gasteiger partial charge is 0.496 e. The standard InChI is InChI=1S/C17H21NO4/c1-22-15-9-5-3-7-12(15)16(19)18-13-8-4-2-6-11(13)10-14(18)17(20)21/h3,5,7,9,11,13-14H,2,4,6,8,10H2,1H3,(H,20,21)/t11-,13+,14+/m1/s1. The number of ether oxygens (including phenoxy) is 1. The Kier molecular flexibility index (Phi) is 4.05. The summed E-state index contributed by atoms with van der Waals surface area (Å²) in [4.78, 5) is 26.2. The molecule has 1 N–H and O–H groups in total. The first-order valence-corrected chi connectivity index (χ1v) is 7.82. The van der Waals surface area contributed by atoms with Gasteiger partial charge in [-0.3, -0.25) is 4.79 Å². The SMILES string of the molecule is COc1ccccc1C(=O)N1[C@H](C(=O)O)C[C@H]2CCCC[C@@H]21. The van der Waals surface area contributed by atoms with Crippen LogP contribution < -0.4 is 4.74 Å². The molecule has 0 spiro atoms. The highest BCUT2D eigenvalue weighted by Gasteiger charge is 2.48. The number of methoxy groups -OCH3 is 1. The van der Waals surface area contributed by atoms with Crippen LogP contribution >= 0.6 is 0 Å². The van der Waals surface area contributed by atoms with Crippen LogP contribution in [0.3, 0.4) is 0 Å². The van der Waals surface area contributed by atoms with Crippen LogP contribution in [0.15, 0.2) is 24.3 Å². The van der Waals surface area contributed by atoms with Crippen molar-refractivity contribution in [3.8, 4) is 5.75 Å². The van der Waals surface area contributed by atoms with E-state index in [0.29, 0.717) is 23.7 Å². The number of nitrogens with zero attached hydrogens (tertiary/aromatic N) is 1. The minimum atomic E-state index is -0.905. The number of aliphatic carboxylic acids is 1. The van der Waals surface area contributed by atoms with E-state index in [2.05, 4.69) is 0 Å².